The monoisotopic (exact) mass is 253 g/mol. The number of aromatic nitrogens is 1. The molecule has 19 heavy (non-hydrogen) atoms. The summed E-state index contributed by atoms with van der Waals surface area (Å²) in [6.45, 7) is 1.98. The van der Waals surface area contributed by atoms with Crippen LogP contribution in [0.1, 0.15) is 30.3 Å². The third-order valence-corrected chi connectivity index (χ3v) is 3.44. The maximum atomic E-state index is 10.4. The largest absolute Gasteiger partial charge is 0.458 e. The van der Waals surface area contributed by atoms with Gasteiger partial charge in [-0.3, -0.25) is 4.98 Å². The Hall–Kier alpha value is -2.13. The van der Waals surface area contributed by atoms with E-state index in [1.807, 2.05) is 49.4 Å². The fourth-order valence-electron chi connectivity index (χ4n) is 2.24. The van der Waals surface area contributed by atoms with E-state index < -0.39 is 6.10 Å². The number of furan rings is 1. The predicted molar refractivity (Wildman–Crippen MR) is 73.8 cm³/mol. The van der Waals surface area contributed by atoms with E-state index in [9.17, 15) is 5.11 Å². The second-order valence-electron chi connectivity index (χ2n) is 4.70. The zero-order chi connectivity index (χ0) is 13.2. The number of aliphatic hydroxyl groups is 1. The van der Waals surface area contributed by atoms with Gasteiger partial charge in [0.15, 0.2) is 0 Å². The van der Waals surface area contributed by atoms with Crippen molar-refractivity contribution in [2.45, 2.75) is 18.9 Å². The molecule has 2 atom stereocenters. The maximum Gasteiger partial charge on any atom is 0.134 e. The summed E-state index contributed by atoms with van der Waals surface area (Å²) in [6.07, 6.45) is 2.81. The van der Waals surface area contributed by atoms with Gasteiger partial charge in [0, 0.05) is 23.7 Å². The highest BCUT2D eigenvalue weighted by Crippen LogP contribution is 2.33. The Kier molecular flexibility index (Phi) is 3.05. The van der Waals surface area contributed by atoms with Crippen LogP contribution in [0.3, 0.4) is 0 Å². The lowest BCUT2D eigenvalue weighted by Crippen LogP contribution is -2.06. The first kappa shape index (κ1) is 11.9. The first-order valence-electron chi connectivity index (χ1n) is 6.32. The molecule has 0 spiro atoms. The van der Waals surface area contributed by atoms with Crippen molar-refractivity contribution in [3.63, 3.8) is 0 Å². The highest BCUT2D eigenvalue weighted by Gasteiger charge is 2.21. The average molecular weight is 253 g/mol. The van der Waals surface area contributed by atoms with Crippen LogP contribution in [0.2, 0.25) is 0 Å². The Morgan fingerprint density at radius 1 is 1.11 bits per heavy atom. The molecule has 0 saturated carbocycles. The van der Waals surface area contributed by atoms with E-state index in [-0.39, 0.29) is 5.92 Å². The molecule has 3 aromatic rings. The summed E-state index contributed by atoms with van der Waals surface area (Å²) in [4.78, 5) is 3.99. The van der Waals surface area contributed by atoms with Gasteiger partial charge in [0.1, 0.15) is 17.4 Å². The lowest BCUT2D eigenvalue weighted by Gasteiger charge is -2.16. The van der Waals surface area contributed by atoms with Crippen LogP contribution >= 0.6 is 0 Å². The number of hydrogen-bond donors (Lipinski definition) is 1. The topological polar surface area (TPSA) is 46.3 Å². The summed E-state index contributed by atoms with van der Waals surface area (Å²) >= 11 is 0. The summed E-state index contributed by atoms with van der Waals surface area (Å²) in [7, 11) is 0. The van der Waals surface area contributed by atoms with E-state index in [1.165, 1.54) is 0 Å². The molecule has 2 aromatic heterocycles. The van der Waals surface area contributed by atoms with Crippen molar-refractivity contribution in [2.75, 3.05) is 0 Å². The molecule has 2 unspecified atom stereocenters. The Balaban J connectivity index is 1.93. The molecule has 3 nitrogen and oxygen atoms in total. The highest BCUT2D eigenvalue weighted by atomic mass is 16.4. The van der Waals surface area contributed by atoms with Crippen molar-refractivity contribution in [2.24, 2.45) is 0 Å². The van der Waals surface area contributed by atoms with Crippen LogP contribution in [0.25, 0.3) is 11.0 Å². The van der Waals surface area contributed by atoms with Gasteiger partial charge in [-0.1, -0.05) is 25.1 Å². The zero-order valence-electron chi connectivity index (χ0n) is 10.7. The fourth-order valence-corrected chi connectivity index (χ4v) is 2.24. The number of benzene rings is 1. The Morgan fingerprint density at radius 2 is 1.84 bits per heavy atom. The van der Waals surface area contributed by atoms with Crippen molar-refractivity contribution in [3.8, 4) is 0 Å². The lowest BCUT2D eigenvalue weighted by molar-refractivity contribution is 0.128. The molecule has 0 saturated heterocycles. The number of aliphatic hydroxyl groups excluding tert-OH is 1. The van der Waals surface area contributed by atoms with E-state index in [4.69, 9.17) is 4.42 Å². The van der Waals surface area contributed by atoms with Crippen LogP contribution in [0.15, 0.2) is 59.3 Å². The third-order valence-electron chi connectivity index (χ3n) is 3.44. The summed E-state index contributed by atoms with van der Waals surface area (Å²) < 4.78 is 5.71. The Morgan fingerprint density at radius 3 is 2.58 bits per heavy atom. The van der Waals surface area contributed by atoms with Crippen LogP contribution < -0.4 is 0 Å². The van der Waals surface area contributed by atoms with E-state index in [0.717, 1.165) is 16.5 Å². The van der Waals surface area contributed by atoms with E-state index in [2.05, 4.69) is 4.98 Å². The van der Waals surface area contributed by atoms with Crippen molar-refractivity contribution in [1.29, 1.82) is 0 Å². The molecule has 0 aliphatic heterocycles. The molecule has 0 aliphatic carbocycles. The third kappa shape index (κ3) is 2.25. The molecule has 1 N–H and O–H groups in total. The summed E-state index contributed by atoms with van der Waals surface area (Å²) in [6, 6.07) is 13.5. The number of rotatable bonds is 3. The van der Waals surface area contributed by atoms with Gasteiger partial charge in [-0.2, -0.15) is 0 Å². The number of fused-ring (bicyclic) bond motifs is 1. The molecule has 96 valence electrons. The van der Waals surface area contributed by atoms with Gasteiger partial charge in [-0.15, -0.1) is 0 Å². The summed E-state index contributed by atoms with van der Waals surface area (Å²) in [5.41, 5.74) is 1.85. The van der Waals surface area contributed by atoms with Crippen LogP contribution in [-0.4, -0.2) is 10.1 Å². The highest BCUT2D eigenvalue weighted by molar-refractivity contribution is 5.77. The molecule has 0 aliphatic rings. The average Bonchev–Trinajstić information content (AvgIpc) is 2.90. The minimum atomic E-state index is -0.658. The SMILES string of the molecule is CC(c1ccncc1)C(O)c1cc2ccccc2o1. The second kappa shape index (κ2) is 4.86. The van der Waals surface area contributed by atoms with E-state index in [1.54, 1.807) is 12.4 Å². The minimum absolute atomic E-state index is 0.0384. The maximum absolute atomic E-state index is 10.4. The number of hydrogen-bond acceptors (Lipinski definition) is 3. The lowest BCUT2D eigenvalue weighted by atomic mass is 9.95. The number of para-hydroxylation sites is 1. The molecular formula is C16H15NO2. The van der Waals surface area contributed by atoms with Crippen molar-refractivity contribution in [3.05, 3.63) is 66.2 Å². The molecule has 1 aromatic carbocycles. The molecule has 0 fully saturated rings. The van der Waals surface area contributed by atoms with Gasteiger partial charge in [-0.25, -0.2) is 0 Å². The van der Waals surface area contributed by atoms with Crippen molar-refractivity contribution >= 4 is 11.0 Å². The van der Waals surface area contributed by atoms with Crippen LogP contribution in [0, 0.1) is 0 Å². The molecule has 0 bridgehead atoms. The predicted octanol–water partition coefficient (Wildman–Crippen LogP) is 3.66. The van der Waals surface area contributed by atoms with Gasteiger partial charge < -0.3 is 9.52 Å². The molecule has 0 radical (unpaired) electrons. The number of nitrogens with zero attached hydrogens (tertiary/aromatic N) is 1. The standard InChI is InChI=1S/C16H15NO2/c1-11(12-6-8-17-9-7-12)16(18)15-10-13-4-2-3-5-14(13)19-15/h2-11,16,18H,1H3. The first-order chi connectivity index (χ1) is 9.25. The van der Waals surface area contributed by atoms with Gasteiger partial charge in [-0.05, 0) is 29.8 Å². The van der Waals surface area contributed by atoms with E-state index in [0.29, 0.717) is 5.76 Å². The normalized spacial score (nSPS) is 14.4. The van der Waals surface area contributed by atoms with Gasteiger partial charge in [0.2, 0.25) is 0 Å². The van der Waals surface area contributed by atoms with Gasteiger partial charge in [0.25, 0.3) is 0 Å². The van der Waals surface area contributed by atoms with Gasteiger partial charge in [0.05, 0.1) is 0 Å². The van der Waals surface area contributed by atoms with Crippen LogP contribution in [0.5, 0.6) is 0 Å². The molecular weight excluding hydrogens is 238 g/mol. The van der Waals surface area contributed by atoms with Gasteiger partial charge >= 0.3 is 0 Å². The summed E-state index contributed by atoms with van der Waals surface area (Å²) in [5, 5.41) is 11.4. The first-order valence-corrected chi connectivity index (χ1v) is 6.32. The van der Waals surface area contributed by atoms with Crippen molar-refractivity contribution < 1.29 is 9.52 Å². The minimum Gasteiger partial charge on any atom is -0.458 e. The number of pyridine rings is 1. The quantitative estimate of drug-likeness (QED) is 0.774. The molecule has 2 heterocycles. The van der Waals surface area contributed by atoms with Crippen molar-refractivity contribution in [1.82, 2.24) is 4.98 Å². The Bertz CT molecular complexity index is 642. The summed E-state index contributed by atoms with van der Waals surface area (Å²) in [5.74, 6) is 0.564. The Labute approximate surface area is 111 Å². The smallest absolute Gasteiger partial charge is 0.134 e. The second-order valence-corrected chi connectivity index (χ2v) is 4.70. The van der Waals surface area contributed by atoms with E-state index >= 15 is 0 Å². The van der Waals surface area contributed by atoms with Crippen LogP contribution in [-0.2, 0) is 0 Å². The zero-order valence-corrected chi connectivity index (χ0v) is 10.7. The molecule has 3 heteroatoms. The molecule has 0 amide bonds. The fraction of sp³-hybridized carbons (Fsp3) is 0.188. The molecule has 3 rings (SSSR count). The van der Waals surface area contributed by atoms with Crippen LogP contribution in [0.4, 0.5) is 0 Å².